The molecule has 624 valence electrons. The van der Waals surface area contributed by atoms with Crippen LogP contribution in [0.25, 0.3) is 0 Å². The van der Waals surface area contributed by atoms with Gasteiger partial charge in [0.25, 0.3) is 0 Å². The third kappa shape index (κ3) is 31.8. The molecule has 0 aromatic rings. The summed E-state index contributed by atoms with van der Waals surface area (Å²) in [7, 11) is 12.3. The fourth-order valence-corrected chi connectivity index (χ4v) is 15.8. The Morgan fingerprint density at radius 2 is 0.833 bits per heavy atom. The number of aliphatic hydroxyl groups excluding tert-OH is 8. The molecule has 26 nitrogen and oxygen atoms in total. The number of Topliss-reactive ketones (excluding diaryl/α,β-unsaturated/α-hetero) is 2. The normalized spacial score (nSPS) is 34.1. The van der Waals surface area contributed by atoms with Gasteiger partial charge in [-0.15, -0.1) is 0 Å². The van der Waals surface area contributed by atoms with E-state index in [1.165, 1.54) is 52.5 Å². The van der Waals surface area contributed by atoms with E-state index in [1.807, 2.05) is 38.2 Å². The Bertz CT molecular complexity index is 2540. The van der Waals surface area contributed by atoms with E-state index >= 15 is 0 Å². The maximum absolute atomic E-state index is 14.2. The van der Waals surface area contributed by atoms with Gasteiger partial charge in [0.2, 0.25) is 12.8 Å². The van der Waals surface area contributed by atoms with Crippen molar-refractivity contribution in [2.24, 2.45) is 71.0 Å². The van der Waals surface area contributed by atoms with Crippen molar-refractivity contribution in [3.63, 3.8) is 0 Å². The molecule has 3 rings (SSSR count). The first-order valence-electron chi connectivity index (χ1n) is 39.4. The zero-order chi connectivity index (χ0) is 81.4. The Balaban J connectivity index is 1.99. The number of aliphatic hydroxyl groups is 8. The molecule has 108 heavy (non-hydrogen) atoms. The van der Waals surface area contributed by atoms with E-state index in [0.717, 1.165) is 0 Å². The topological polar surface area (TPSA) is 363 Å². The number of cyclic esters (lactones) is 2. The Labute approximate surface area is 645 Å². The monoisotopic (exact) mass is 1540 g/mol. The van der Waals surface area contributed by atoms with Gasteiger partial charge < -0.3 is 98.0 Å². The van der Waals surface area contributed by atoms with E-state index in [4.69, 9.17) is 47.4 Å². The van der Waals surface area contributed by atoms with Crippen LogP contribution in [-0.4, -0.2) is 266 Å². The molecule has 1 fully saturated rings. The minimum Gasteiger partial charge on any atom is -0.462 e. The van der Waals surface area contributed by atoms with Crippen molar-refractivity contribution < 1.29 is 117 Å². The molecular formula is C82H142N2O24. The van der Waals surface area contributed by atoms with E-state index in [0.29, 0.717) is 38.5 Å². The predicted octanol–water partition coefficient (Wildman–Crippen LogP) is 7.66. The summed E-state index contributed by atoms with van der Waals surface area (Å²) in [4.78, 5) is 81.1. The molecule has 32 atom stereocenters. The first kappa shape index (κ1) is 97.7. The van der Waals surface area contributed by atoms with Crippen molar-refractivity contribution in [2.75, 3.05) is 56.8 Å². The second-order valence-corrected chi connectivity index (χ2v) is 32.0. The summed E-state index contributed by atoms with van der Waals surface area (Å²) in [6.45, 7) is 21.3. The van der Waals surface area contributed by atoms with Gasteiger partial charge in [-0.1, -0.05) is 120 Å². The number of carbonyl (C=O) groups is 6. The van der Waals surface area contributed by atoms with Crippen LogP contribution in [0.3, 0.4) is 0 Å². The van der Waals surface area contributed by atoms with Crippen molar-refractivity contribution >= 4 is 36.3 Å². The molecule has 3 aliphatic heterocycles. The molecule has 26 heteroatoms. The van der Waals surface area contributed by atoms with Gasteiger partial charge in [0.05, 0.1) is 123 Å². The number of fused-ring (bicyclic) bond motifs is 4. The highest BCUT2D eigenvalue weighted by Crippen LogP contribution is 2.37. The van der Waals surface area contributed by atoms with Crippen molar-refractivity contribution in [1.82, 2.24) is 9.80 Å². The summed E-state index contributed by atoms with van der Waals surface area (Å²) in [5, 5.41) is 95.6. The van der Waals surface area contributed by atoms with Crippen molar-refractivity contribution in [3.8, 4) is 0 Å². The van der Waals surface area contributed by atoms with Gasteiger partial charge in [-0.2, -0.15) is 0 Å². The number of ether oxygens (including phenoxy) is 10. The quantitative estimate of drug-likeness (QED) is 0.0194. The number of ketones is 2. The number of nitrogens with zero attached hydrogens (tertiary/aromatic N) is 2. The van der Waals surface area contributed by atoms with Crippen LogP contribution < -0.4 is 0 Å². The Morgan fingerprint density at radius 1 is 0.500 bits per heavy atom. The van der Waals surface area contributed by atoms with Crippen molar-refractivity contribution in [3.05, 3.63) is 48.9 Å². The zero-order valence-electron chi connectivity index (χ0n) is 68.6. The highest BCUT2D eigenvalue weighted by atomic mass is 16.6. The molecule has 3 aliphatic rings. The van der Waals surface area contributed by atoms with Crippen molar-refractivity contribution in [2.45, 2.75) is 308 Å². The lowest BCUT2D eigenvalue weighted by molar-refractivity contribution is -0.167. The van der Waals surface area contributed by atoms with E-state index in [-0.39, 0.29) is 87.6 Å². The number of esters is 2. The van der Waals surface area contributed by atoms with Crippen molar-refractivity contribution in [1.29, 1.82) is 0 Å². The van der Waals surface area contributed by atoms with E-state index < -0.39 is 206 Å². The van der Waals surface area contributed by atoms with Gasteiger partial charge in [-0.05, 0) is 50.4 Å². The van der Waals surface area contributed by atoms with Gasteiger partial charge in [0.1, 0.15) is 23.8 Å². The van der Waals surface area contributed by atoms with Crippen LogP contribution in [0.15, 0.2) is 48.9 Å². The zero-order valence-corrected chi connectivity index (χ0v) is 68.6. The predicted molar refractivity (Wildman–Crippen MR) is 408 cm³/mol. The number of carbonyl (C=O) groups excluding carboxylic acids is 6. The molecule has 3 heterocycles. The van der Waals surface area contributed by atoms with Crippen LogP contribution in [0.5, 0.6) is 0 Å². The standard InChI is InChI=1S/C82H142N2O24/c1-47(27-29-67(89)53(7)79(103-19)49(3)31-33-83(13)45-85)77(97)57(11)81-55(9)71(93)43-69(91)51(5)73(101-17)41-63-25-22-24-62(106-63)40-66(100-16)36-60(88)38-76(96)108-82(58(12)78(98)48(2)28-30-68(90)54(8)80(104-20)50(4)32-34-84(14)46-86)56(10)72(94)44-70(92)52(6)74(102-18)42-64-26-21-23-61(105-64)39-65(99-15)35-59(87)37-75(95)107-81/h21-24,31-34,45-66,69-74,77-82,87-88,91-94,97-98H,25-30,35-44H2,1-20H3/b33-31+,34-32+/t47-,48-,49-,50-,51-,52+,53-,54+,55-,56+,57-,58+,59-,60-,61-,62+,63-,64+,65+,66+,69-,70-,71-,72-,73-,74+,77+,78+,79+,80-,81-,82-/m1/s1. The Hall–Kier alpha value is -4.46. The molecule has 0 unspecified atom stereocenters. The van der Waals surface area contributed by atoms with Gasteiger partial charge >= 0.3 is 11.9 Å². The molecule has 0 aromatic carbocycles. The van der Waals surface area contributed by atoms with Gasteiger partial charge in [-0.25, -0.2) is 0 Å². The summed E-state index contributed by atoms with van der Waals surface area (Å²) in [6, 6.07) is 0. The van der Waals surface area contributed by atoms with Crippen LogP contribution >= 0.6 is 0 Å². The number of amides is 2. The average molecular weight is 1540 g/mol. The summed E-state index contributed by atoms with van der Waals surface area (Å²) in [6.07, 6.45) is 0.115. The second-order valence-electron chi connectivity index (χ2n) is 32.0. The third-order valence-electron chi connectivity index (χ3n) is 23.6. The molecule has 2 amide bonds. The lowest BCUT2D eigenvalue weighted by atomic mass is 9.78. The number of rotatable bonds is 30. The molecular weight excluding hydrogens is 1400 g/mol. The van der Waals surface area contributed by atoms with Crippen LogP contribution in [-0.2, 0) is 76.1 Å². The van der Waals surface area contributed by atoms with Crippen LogP contribution in [0.1, 0.15) is 186 Å². The second kappa shape index (κ2) is 49.9. The summed E-state index contributed by atoms with van der Waals surface area (Å²) >= 11 is 0. The highest BCUT2D eigenvalue weighted by molar-refractivity contribution is 5.81. The first-order chi connectivity index (χ1) is 50.9. The molecule has 1 saturated heterocycles. The Kier molecular flexibility index (Phi) is 45.2. The number of methoxy groups -OCH3 is 6. The molecule has 0 spiro atoms. The average Bonchev–Trinajstić information content (AvgIpc) is 0.850. The number of hydrogen-bond donors (Lipinski definition) is 8. The van der Waals surface area contributed by atoms with E-state index in [2.05, 4.69) is 0 Å². The Morgan fingerprint density at radius 3 is 1.14 bits per heavy atom. The number of hydrogen-bond acceptors (Lipinski definition) is 24. The SMILES string of the molecule is CO[C@H]1C[C@@H](O)CC(=O)O[C@@H]([C@H](C)[C@@H](O)[C@H](C)CCC(=O)[C@@H](C)[C@@H](OC)[C@H](C)/C=C/N(C)C=O)[C@H](C)[C@H](O)C[C@@H](O)[C@@H](C)[C@H](OC)C[C@H]2CC=C[C@@H](C[C@@H](OC)C[C@@H](O)CC(=O)O[C@@H]([C@@H](C)[C@@H](O)[C@H](C)CCC(=O)[C@H](C)[C@H](OC)[C@H](C)/C=C/N(C)C=O)[C@@H](C)[C@H](O)C[C@@H](O)[C@H](C)[C@@H](OC)C[C@@H]3CC=C[C@H](C1)O3)O2. The molecule has 4 bridgehead atoms. The lowest BCUT2D eigenvalue weighted by Gasteiger charge is -2.38. The molecule has 8 N–H and O–H groups in total. The first-order valence-corrected chi connectivity index (χ1v) is 39.4. The smallest absolute Gasteiger partial charge is 0.308 e. The minimum absolute atomic E-state index is 0.00740. The van der Waals surface area contributed by atoms with E-state index in [1.54, 1.807) is 108 Å². The highest BCUT2D eigenvalue weighted by Gasteiger charge is 2.43. The van der Waals surface area contributed by atoms with Crippen LogP contribution in [0, 0.1) is 71.0 Å². The maximum Gasteiger partial charge on any atom is 0.308 e. The van der Waals surface area contributed by atoms with Gasteiger partial charge in [0, 0.05) is 180 Å². The minimum atomic E-state index is -1.30. The van der Waals surface area contributed by atoms with Gasteiger partial charge in [-0.3, -0.25) is 28.8 Å². The third-order valence-corrected chi connectivity index (χ3v) is 23.6. The summed E-state index contributed by atoms with van der Waals surface area (Å²) in [5.41, 5.74) is 0. The maximum atomic E-state index is 14.2. The van der Waals surface area contributed by atoms with Crippen LogP contribution in [0.4, 0.5) is 0 Å². The summed E-state index contributed by atoms with van der Waals surface area (Å²) < 4.78 is 60.9. The fraction of sp³-hybridized carbons (Fsp3) is 0.829. The molecule has 0 aliphatic carbocycles. The lowest BCUT2D eigenvalue weighted by Crippen LogP contribution is -2.46. The van der Waals surface area contributed by atoms with Crippen LogP contribution in [0.2, 0.25) is 0 Å². The fourth-order valence-electron chi connectivity index (χ4n) is 15.8. The van der Waals surface area contributed by atoms with E-state index in [9.17, 15) is 69.6 Å². The largest absolute Gasteiger partial charge is 0.462 e. The molecule has 0 radical (unpaired) electrons. The van der Waals surface area contributed by atoms with Gasteiger partial charge in [0.15, 0.2) is 0 Å². The molecule has 0 aromatic heterocycles. The summed E-state index contributed by atoms with van der Waals surface area (Å²) in [5.74, 6) is -8.96. The molecule has 0 saturated carbocycles.